The molecule has 1 aromatic carbocycles. The van der Waals surface area contributed by atoms with Crippen molar-refractivity contribution in [1.29, 1.82) is 0 Å². The monoisotopic (exact) mass is 325 g/mol. The molecule has 2 aromatic rings. The third kappa shape index (κ3) is 4.04. The lowest BCUT2D eigenvalue weighted by molar-refractivity contribution is -0.385. The van der Waals surface area contributed by atoms with Gasteiger partial charge in [-0.25, -0.2) is 0 Å². The Kier molecular flexibility index (Phi) is 5.78. The SMILES string of the molecule is CCN(CC)C(=O)c1ccc(C=Cc2ccccc2[N+](=O)[O-])nc1. The largest absolute Gasteiger partial charge is 0.339 e. The van der Waals surface area contributed by atoms with Crippen molar-refractivity contribution in [2.24, 2.45) is 0 Å². The summed E-state index contributed by atoms with van der Waals surface area (Å²) in [6, 6.07) is 9.94. The minimum atomic E-state index is -0.418. The number of amides is 1. The quantitative estimate of drug-likeness (QED) is 0.600. The number of carbonyl (C=O) groups excluding carboxylic acids is 1. The summed E-state index contributed by atoms with van der Waals surface area (Å²) in [6.07, 6.45) is 4.86. The maximum atomic E-state index is 12.2. The van der Waals surface area contributed by atoms with Crippen LogP contribution in [0.1, 0.15) is 35.5 Å². The Morgan fingerprint density at radius 3 is 2.46 bits per heavy atom. The van der Waals surface area contributed by atoms with Crippen LogP contribution in [0.25, 0.3) is 12.2 Å². The van der Waals surface area contributed by atoms with Gasteiger partial charge in [0.25, 0.3) is 11.6 Å². The van der Waals surface area contributed by atoms with E-state index in [1.165, 1.54) is 12.3 Å². The first kappa shape index (κ1) is 17.3. The molecule has 0 spiro atoms. The second kappa shape index (κ2) is 8.01. The molecule has 0 N–H and O–H groups in total. The number of nitrogens with zero attached hydrogens (tertiary/aromatic N) is 3. The number of aromatic nitrogens is 1. The Labute approximate surface area is 140 Å². The maximum absolute atomic E-state index is 12.2. The molecule has 0 aliphatic rings. The van der Waals surface area contributed by atoms with Crippen molar-refractivity contribution >= 4 is 23.7 Å². The highest BCUT2D eigenvalue weighted by Gasteiger charge is 2.12. The predicted molar refractivity (Wildman–Crippen MR) is 93.5 cm³/mol. The van der Waals surface area contributed by atoms with Crippen molar-refractivity contribution in [1.82, 2.24) is 9.88 Å². The van der Waals surface area contributed by atoms with Crippen LogP contribution in [-0.2, 0) is 0 Å². The Bertz CT molecular complexity index is 750. The van der Waals surface area contributed by atoms with Gasteiger partial charge in [0.05, 0.1) is 21.7 Å². The lowest BCUT2D eigenvalue weighted by Gasteiger charge is -2.18. The second-order valence-electron chi connectivity index (χ2n) is 5.10. The first-order valence-electron chi connectivity index (χ1n) is 7.73. The number of nitro benzene ring substituents is 1. The Hall–Kier alpha value is -3.02. The van der Waals surface area contributed by atoms with Crippen LogP contribution in [-0.4, -0.2) is 33.8 Å². The number of hydrogen-bond acceptors (Lipinski definition) is 4. The number of rotatable bonds is 6. The van der Waals surface area contributed by atoms with Gasteiger partial charge in [0.2, 0.25) is 0 Å². The van der Waals surface area contributed by atoms with Crippen LogP contribution >= 0.6 is 0 Å². The zero-order valence-electron chi connectivity index (χ0n) is 13.7. The standard InChI is InChI=1S/C18H19N3O3/c1-3-20(4-2)18(22)15-10-12-16(19-13-15)11-9-14-7-5-6-8-17(14)21(23)24/h5-13H,3-4H2,1-2H3. The van der Waals surface area contributed by atoms with Gasteiger partial charge in [-0.05, 0) is 44.2 Å². The van der Waals surface area contributed by atoms with Gasteiger partial charge in [0.15, 0.2) is 0 Å². The highest BCUT2D eigenvalue weighted by molar-refractivity contribution is 5.94. The fourth-order valence-corrected chi connectivity index (χ4v) is 2.29. The Morgan fingerprint density at radius 1 is 1.17 bits per heavy atom. The van der Waals surface area contributed by atoms with E-state index in [4.69, 9.17) is 0 Å². The molecule has 0 aliphatic carbocycles. The predicted octanol–water partition coefficient (Wildman–Crippen LogP) is 3.64. The van der Waals surface area contributed by atoms with Crippen LogP contribution < -0.4 is 0 Å². The molecule has 0 radical (unpaired) electrons. The van der Waals surface area contributed by atoms with E-state index in [2.05, 4.69) is 4.98 Å². The van der Waals surface area contributed by atoms with Gasteiger partial charge in [-0.1, -0.05) is 12.1 Å². The number of benzene rings is 1. The van der Waals surface area contributed by atoms with Gasteiger partial charge in [-0.15, -0.1) is 0 Å². The highest BCUT2D eigenvalue weighted by Crippen LogP contribution is 2.20. The van der Waals surface area contributed by atoms with E-state index < -0.39 is 4.92 Å². The van der Waals surface area contributed by atoms with Crippen molar-refractivity contribution in [3.8, 4) is 0 Å². The normalized spacial score (nSPS) is 10.8. The summed E-state index contributed by atoms with van der Waals surface area (Å²) in [5, 5.41) is 11.0. The van der Waals surface area contributed by atoms with E-state index in [1.807, 2.05) is 13.8 Å². The number of para-hydroxylation sites is 1. The van der Waals surface area contributed by atoms with Crippen LogP contribution in [0.2, 0.25) is 0 Å². The molecule has 0 saturated heterocycles. The van der Waals surface area contributed by atoms with Gasteiger partial charge in [-0.3, -0.25) is 19.9 Å². The topological polar surface area (TPSA) is 76.3 Å². The van der Waals surface area contributed by atoms with Crippen molar-refractivity contribution in [3.63, 3.8) is 0 Å². The average Bonchev–Trinajstić information content (AvgIpc) is 2.61. The van der Waals surface area contributed by atoms with Crippen molar-refractivity contribution < 1.29 is 9.72 Å². The molecule has 124 valence electrons. The van der Waals surface area contributed by atoms with E-state index in [9.17, 15) is 14.9 Å². The van der Waals surface area contributed by atoms with E-state index in [0.717, 1.165) is 0 Å². The zero-order valence-corrected chi connectivity index (χ0v) is 13.7. The fraction of sp³-hybridized carbons (Fsp3) is 0.222. The van der Waals surface area contributed by atoms with Gasteiger partial charge in [0, 0.05) is 25.4 Å². The van der Waals surface area contributed by atoms with Crippen LogP contribution in [0, 0.1) is 10.1 Å². The second-order valence-corrected chi connectivity index (χ2v) is 5.10. The lowest BCUT2D eigenvalue weighted by Crippen LogP contribution is -2.30. The van der Waals surface area contributed by atoms with Crippen molar-refractivity contribution in [3.05, 3.63) is 69.5 Å². The molecule has 6 nitrogen and oxygen atoms in total. The number of carbonyl (C=O) groups is 1. The molecule has 1 heterocycles. The van der Waals surface area contributed by atoms with Gasteiger partial charge < -0.3 is 4.90 Å². The third-order valence-corrected chi connectivity index (χ3v) is 3.65. The van der Waals surface area contributed by atoms with Crippen LogP contribution in [0.15, 0.2) is 42.6 Å². The van der Waals surface area contributed by atoms with E-state index in [0.29, 0.717) is 29.9 Å². The van der Waals surface area contributed by atoms with Crippen molar-refractivity contribution in [2.75, 3.05) is 13.1 Å². The fourth-order valence-electron chi connectivity index (χ4n) is 2.29. The summed E-state index contributed by atoms with van der Waals surface area (Å²) in [5.74, 6) is -0.0540. The summed E-state index contributed by atoms with van der Waals surface area (Å²) in [5.41, 5.74) is 1.71. The minimum absolute atomic E-state index is 0.0436. The van der Waals surface area contributed by atoms with Gasteiger partial charge >= 0.3 is 0 Å². The average molecular weight is 325 g/mol. The molecule has 1 amide bonds. The number of hydrogen-bond donors (Lipinski definition) is 0. The van der Waals surface area contributed by atoms with Gasteiger partial charge in [0.1, 0.15) is 0 Å². The van der Waals surface area contributed by atoms with Crippen LogP contribution in [0.5, 0.6) is 0 Å². The molecule has 1 aromatic heterocycles. The number of nitro groups is 1. The molecule has 0 atom stereocenters. The van der Waals surface area contributed by atoms with E-state index >= 15 is 0 Å². The highest BCUT2D eigenvalue weighted by atomic mass is 16.6. The molecule has 24 heavy (non-hydrogen) atoms. The molecule has 0 bridgehead atoms. The van der Waals surface area contributed by atoms with Crippen LogP contribution in [0.4, 0.5) is 5.69 Å². The van der Waals surface area contributed by atoms with E-state index in [-0.39, 0.29) is 11.6 Å². The molecule has 0 unspecified atom stereocenters. The summed E-state index contributed by atoms with van der Waals surface area (Å²) in [4.78, 5) is 28.7. The van der Waals surface area contributed by atoms with Crippen molar-refractivity contribution in [2.45, 2.75) is 13.8 Å². The van der Waals surface area contributed by atoms with Gasteiger partial charge in [-0.2, -0.15) is 0 Å². The molecule has 6 heteroatoms. The summed E-state index contributed by atoms with van der Waals surface area (Å²) < 4.78 is 0. The molecule has 0 aliphatic heterocycles. The molecule has 2 rings (SSSR count). The molecule has 0 fully saturated rings. The summed E-state index contributed by atoms with van der Waals surface area (Å²) >= 11 is 0. The lowest BCUT2D eigenvalue weighted by atomic mass is 10.1. The Balaban J connectivity index is 2.18. The first-order valence-corrected chi connectivity index (χ1v) is 7.73. The molecular formula is C18H19N3O3. The first-order chi connectivity index (χ1) is 11.6. The van der Waals surface area contributed by atoms with E-state index in [1.54, 1.807) is 47.4 Å². The Morgan fingerprint density at radius 2 is 1.88 bits per heavy atom. The maximum Gasteiger partial charge on any atom is 0.276 e. The summed E-state index contributed by atoms with van der Waals surface area (Å²) in [6.45, 7) is 5.15. The minimum Gasteiger partial charge on any atom is -0.339 e. The smallest absolute Gasteiger partial charge is 0.276 e. The molecule has 0 saturated carbocycles. The molecular weight excluding hydrogens is 306 g/mol. The van der Waals surface area contributed by atoms with Crippen LogP contribution in [0.3, 0.4) is 0 Å². The summed E-state index contributed by atoms with van der Waals surface area (Å²) in [7, 11) is 0. The third-order valence-electron chi connectivity index (χ3n) is 3.65. The zero-order chi connectivity index (χ0) is 17.5. The number of pyridine rings is 1.